The lowest BCUT2D eigenvalue weighted by molar-refractivity contribution is 0.454. The molecule has 0 atom stereocenters. The van der Waals surface area contributed by atoms with Crippen molar-refractivity contribution in [1.29, 1.82) is 0 Å². The summed E-state index contributed by atoms with van der Waals surface area (Å²) in [6, 6.07) is 0. The fourth-order valence-corrected chi connectivity index (χ4v) is 1.82. The molecule has 0 aliphatic heterocycles. The fourth-order valence-electron chi connectivity index (χ4n) is 1.82. The molecule has 108 valence electrons. The van der Waals surface area contributed by atoms with Gasteiger partial charge in [0.1, 0.15) is 11.6 Å². The minimum Gasteiger partial charge on any atom is -0.435 e. The van der Waals surface area contributed by atoms with Crippen LogP contribution < -0.4 is 10.1 Å². The molecule has 0 spiro atoms. The molecule has 0 amide bonds. The van der Waals surface area contributed by atoms with E-state index in [1.807, 2.05) is 38.6 Å². The Bertz CT molecular complexity index is 579. The molecule has 0 unspecified atom stereocenters. The van der Waals surface area contributed by atoms with Crippen LogP contribution in [0.3, 0.4) is 0 Å². The van der Waals surface area contributed by atoms with Gasteiger partial charge in [0, 0.05) is 19.5 Å². The molecule has 0 aliphatic rings. The first-order chi connectivity index (χ1) is 9.67. The first kappa shape index (κ1) is 14.3. The molecule has 2 aromatic rings. The Balaban J connectivity index is 2.31. The first-order valence-electron chi connectivity index (χ1n) is 6.99. The van der Waals surface area contributed by atoms with Gasteiger partial charge in [0.2, 0.25) is 5.88 Å². The number of hydrogen-bond donors (Lipinski definition) is 1. The molecule has 0 saturated carbocycles. The minimum atomic E-state index is 0.587. The molecule has 6 nitrogen and oxygen atoms in total. The Kier molecular flexibility index (Phi) is 4.55. The van der Waals surface area contributed by atoms with Crippen molar-refractivity contribution in [2.45, 2.75) is 40.7 Å². The summed E-state index contributed by atoms with van der Waals surface area (Å²) in [5, 5.41) is 7.44. The minimum absolute atomic E-state index is 0.587. The number of nitrogens with zero attached hydrogens (tertiary/aromatic N) is 4. The normalized spacial score (nSPS) is 10.6. The van der Waals surface area contributed by atoms with Crippen molar-refractivity contribution < 1.29 is 4.74 Å². The van der Waals surface area contributed by atoms with Crippen LogP contribution in [-0.2, 0) is 13.0 Å². The summed E-state index contributed by atoms with van der Waals surface area (Å²) < 4.78 is 7.66. The summed E-state index contributed by atoms with van der Waals surface area (Å²) in [5.74, 6) is 2.88. The molecule has 2 aromatic heterocycles. The van der Waals surface area contributed by atoms with Gasteiger partial charge >= 0.3 is 0 Å². The second-order valence-electron chi connectivity index (χ2n) is 4.44. The van der Waals surface area contributed by atoms with Gasteiger partial charge in [-0.05, 0) is 20.8 Å². The topological polar surface area (TPSA) is 64.9 Å². The first-order valence-corrected chi connectivity index (χ1v) is 6.99. The van der Waals surface area contributed by atoms with Gasteiger partial charge in [0.05, 0.1) is 18.0 Å². The molecule has 2 rings (SSSR count). The maximum absolute atomic E-state index is 5.85. The van der Waals surface area contributed by atoms with E-state index in [2.05, 4.69) is 20.4 Å². The highest BCUT2D eigenvalue weighted by Crippen LogP contribution is 2.26. The summed E-state index contributed by atoms with van der Waals surface area (Å²) in [6.45, 7) is 9.68. The third-order valence-electron chi connectivity index (χ3n) is 2.96. The highest BCUT2D eigenvalue weighted by atomic mass is 16.5. The molecule has 0 aromatic carbocycles. The highest BCUT2D eigenvalue weighted by molar-refractivity contribution is 5.49. The number of nitrogens with one attached hydrogen (secondary N) is 1. The lowest BCUT2D eigenvalue weighted by Crippen LogP contribution is -2.07. The molecule has 0 radical (unpaired) electrons. The quantitative estimate of drug-likeness (QED) is 0.878. The van der Waals surface area contributed by atoms with Crippen molar-refractivity contribution in [3.63, 3.8) is 0 Å². The van der Waals surface area contributed by atoms with Gasteiger partial charge < -0.3 is 10.1 Å². The van der Waals surface area contributed by atoms with E-state index >= 15 is 0 Å². The molecule has 0 bridgehead atoms. The highest BCUT2D eigenvalue weighted by Gasteiger charge is 2.12. The number of rotatable bonds is 6. The van der Waals surface area contributed by atoms with Crippen molar-refractivity contribution in [1.82, 2.24) is 19.7 Å². The molecular weight excluding hydrogens is 254 g/mol. The predicted molar refractivity (Wildman–Crippen MR) is 78.3 cm³/mol. The lowest BCUT2D eigenvalue weighted by atomic mass is 10.3. The van der Waals surface area contributed by atoms with Crippen LogP contribution in [0.25, 0.3) is 0 Å². The van der Waals surface area contributed by atoms with E-state index < -0.39 is 0 Å². The Morgan fingerprint density at radius 3 is 2.65 bits per heavy atom. The monoisotopic (exact) mass is 275 g/mol. The molecule has 0 saturated heterocycles. The zero-order chi connectivity index (χ0) is 14.5. The van der Waals surface area contributed by atoms with Gasteiger partial charge in [-0.1, -0.05) is 6.92 Å². The van der Waals surface area contributed by atoms with Gasteiger partial charge in [-0.25, -0.2) is 4.98 Å². The second-order valence-corrected chi connectivity index (χ2v) is 4.44. The van der Waals surface area contributed by atoms with E-state index in [0.717, 1.165) is 36.7 Å². The Labute approximate surface area is 119 Å². The number of aromatic nitrogens is 4. The smallest absolute Gasteiger partial charge is 0.227 e. The SMILES string of the molecule is CCNc1nc(CC)nc(Oc2cnn(CC)c2)c1C. The zero-order valence-electron chi connectivity index (χ0n) is 12.5. The number of hydrogen-bond acceptors (Lipinski definition) is 5. The molecule has 6 heteroatoms. The van der Waals surface area contributed by atoms with E-state index in [0.29, 0.717) is 11.6 Å². The summed E-state index contributed by atoms with van der Waals surface area (Å²) in [6.07, 6.45) is 4.33. The number of aryl methyl sites for hydroxylation is 2. The van der Waals surface area contributed by atoms with E-state index in [1.165, 1.54) is 0 Å². The van der Waals surface area contributed by atoms with Crippen molar-refractivity contribution in [3.05, 3.63) is 23.8 Å². The van der Waals surface area contributed by atoms with Crippen LogP contribution in [-0.4, -0.2) is 26.3 Å². The summed E-state index contributed by atoms with van der Waals surface area (Å²) >= 11 is 0. The van der Waals surface area contributed by atoms with Crippen LogP contribution in [0.15, 0.2) is 12.4 Å². The predicted octanol–water partition coefficient (Wildman–Crippen LogP) is 2.79. The second kappa shape index (κ2) is 6.36. The molecule has 2 heterocycles. The molecule has 1 N–H and O–H groups in total. The van der Waals surface area contributed by atoms with E-state index in [-0.39, 0.29) is 0 Å². The third-order valence-corrected chi connectivity index (χ3v) is 2.96. The van der Waals surface area contributed by atoms with Gasteiger partial charge in [-0.15, -0.1) is 0 Å². The van der Waals surface area contributed by atoms with Crippen LogP contribution in [0.1, 0.15) is 32.2 Å². The lowest BCUT2D eigenvalue weighted by Gasteiger charge is -2.12. The summed E-state index contributed by atoms with van der Waals surface area (Å²) in [4.78, 5) is 8.93. The van der Waals surface area contributed by atoms with E-state index in [4.69, 9.17) is 4.74 Å². The van der Waals surface area contributed by atoms with Gasteiger partial charge in [0.25, 0.3) is 0 Å². The Hall–Kier alpha value is -2.11. The van der Waals surface area contributed by atoms with Crippen LogP contribution >= 0.6 is 0 Å². The maximum Gasteiger partial charge on any atom is 0.227 e. The maximum atomic E-state index is 5.85. The molecule has 20 heavy (non-hydrogen) atoms. The van der Waals surface area contributed by atoms with Crippen LogP contribution in [0, 0.1) is 6.92 Å². The van der Waals surface area contributed by atoms with Crippen LogP contribution in [0.2, 0.25) is 0 Å². The standard InChI is InChI=1S/C14H21N5O/c1-5-12-17-13(15-6-2)10(4)14(18-12)20-11-8-16-19(7-3)9-11/h8-9H,5-7H2,1-4H3,(H,15,17,18). The van der Waals surface area contributed by atoms with Crippen molar-refractivity contribution in [2.75, 3.05) is 11.9 Å². The summed E-state index contributed by atoms with van der Waals surface area (Å²) in [7, 11) is 0. The van der Waals surface area contributed by atoms with Gasteiger partial charge in [-0.2, -0.15) is 10.1 Å². The molecule has 0 fully saturated rings. The number of anilines is 1. The summed E-state index contributed by atoms with van der Waals surface area (Å²) in [5.41, 5.74) is 0.910. The van der Waals surface area contributed by atoms with Crippen molar-refractivity contribution in [3.8, 4) is 11.6 Å². The molecular formula is C14H21N5O. The Morgan fingerprint density at radius 1 is 1.25 bits per heavy atom. The third kappa shape index (κ3) is 3.07. The van der Waals surface area contributed by atoms with Crippen molar-refractivity contribution in [2.24, 2.45) is 0 Å². The van der Waals surface area contributed by atoms with E-state index in [1.54, 1.807) is 6.20 Å². The van der Waals surface area contributed by atoms with Crippen molar-refractivity contribution >= 4 is 5.82 Å². The average molecular weight is 275 g/mol. The fraction of sp³-hybridized carbons (Fsp3) is 0.500. The van der Waals surface area contributed by atoms with Gasteiger partial charge in [0.15, 0.2) is 5.75 Å². The Morgan fingerprint density at radius 2 is 2.05 bits per heavy atom. The van der Waals surface area contributed by atoms with E-state index in [9.17, 15) is 0 Å². The average Bonchev–Trinajstić information content (AvgIpc) is 2.91. The van der Waals surface area contributed by atoms with Crippen LogP contribution in [0.5, 0.6) is 11.6 Å². The number of ether oxygens (including phenoxy) is 1. The van der Waals surface area contributed by atoms with Gasteiger partial charge in [-0.3, -0.25) is 4.68 Å². The largest absolute Gasteiger partial charge is 0.435 e. The molecule has 0 aliphatic carbocycles. The zero-order valence-corrected chi connectivity index (χ0v) is 12.5. The van der Waals surface area contributed by atoms with Crippen LogP contribution in [0.4, 0.5) is 5.82 Å².